The lowest BCUT2D eigenvalue weighted by atomic mass is 9.88. The lowest BCUT2D eigenvalue weighted by molar-refractivity contribution is -0.142. The van der Waals surface area contributed by atoms with Crippen LogP contribution in [0.5, 0.6) is 0 Å². The van der Waals surface area contributed by atoms with Crippen LogP contribution in [0.4, 0.5) is 13.2 Å². The summed E-state index contributed by atoms with van der Waals surface area (Å²) in [5.74, 6) is -1.90. The molecule has 0 aliphatic heterocycles. The SMILES string of the molecule is CCOC(c1ncc(C(=O)O)c(C(F)(F)F)n1)C(C)(C)C. The van der Waals surface area contributed by atoms with E-state index < -0.39 is 34.9 Å². The highest BCUT2D eigenvalue weighted by atomic mass is 19.4. The summed E-state index contributed by atoms with van der Waals surface area (Å²) >= 11 is 0. The molecular weight excluding hydrogens is 289 g/mol. The Hall–Kier alpha value is -1.70. The molecule has 1 N–H and O–H groups in total. The molecule has 0 bridgehead atoms. The van der Waals surface area contributed by atoms with E-state index in [1.165, 1.54) is 0 Å². The molecular formula is C13H17F3N2O3. The Kier molecular flexibility index (Phi) is 4.93. The van der Waals surface area contributed by atoms with Crippen LogP contribution in [-0.4, -0.2) is 27.7 Å². The van der Waals surface area contributed by atoms with Gasteiger partial charge in [-0.15, -0.1) is 0 Å². The lowest BCUT2D eigenvalue weighted by Crippen LogP contribution is -2.26. The summed E-state index contributed by atoms with van der Waals surface area (Å²) in [4.78, 5) is 18.0. The van der Waals surface area contributed by atoms with Crippen LogP contribution in [0.1, 0.15) is 55.7 Å². The van der Waals surface area contributed by atoms with Gasteiger partial charge in [-0.3, -0.25) is 0 Å². The maximum Gasteiger partial charge on any atom is 0.434 e. The van der Waals surface area contributed by atoms with Gasteiger partial charge < -0.3 is 9.84 Å². The molecule has 1 unspecified atom stereocenters. The van der Waals surface area contributed by atoms with E-state index in [1.54, 1.807) is 27.7 Å². The standard InChI is InChI=1S/C13H17F3N2O3/c1-5-21-9(12(2,3)4)10-17-6-7(11(19)20)8(18-10)13(14,15)16/h6,9H,5H2,1-4H3,(H,19,20). The number of alkyl halides is 3. The third-order valence-corrected chi connectivity index (χ3v) is 2.66. The minimum Gasteiger partial charge on any atom is -0.478 e. The molecule has 1 rings (SSSR count). The van der Waals surface area contributed by atoms with Crippen molar-refractivity contribution < 1.29 is 27.8 Å². The minimum absolute atomic E-state index is 0.179. The molecule has 1 heterocycles. The van der Waals surface area contributed by atoms with Crippen molar-refractivity contribution >= 4 is 5.97 Å². The number of ether oxygens (including phenoxy) is 1. The van der Waals surface area contributed by atoms with Crippen LogP contribution < -0.4 is 0 Å². The van der Waals surface area contributed by atoms with Crippen LogP contribution in [0.2, 0.25) is 0 Å². The number of carboxylic acids is 1. The Bertz CT molecular complexity index is 524. The van der Waals surface area contributed by atoms with Crippen LogP contribution in [-0.2, 0) is 10.9 Å². The topological polar surface area (TPSA) is 72.3 Å². The number of nitrogens with zero attached hydrogens (tertiary/aromatic N) is 2. The molecule has 21 heavy (non-hydrogen) atoms. The zero-order valence-corrected chi connectivity index (χ0v) is 12.2. The highest BCUT2D eigenvalue weighted by molar-refractivity contribution is 5.88. The number of hydrogen-bond acceptors (Lipinski definition) is 4. The normalized spacial score (nSPS) is 14.0. The molecule has 118 valence electrons. The first-order chi connectivity index (χ1) is 9.48. The molecule has 0 saturated carbocycles. The second kappa shape index (κ2) is 5.97. The van der Waals surface area contributed by atoms with E-state index in [0.29, 0.717) is 6.20 Å². The van der Waals surface area contributed by atoms with Gasteiger partial charge in [-0.1, -0.05) is 20.8 Å². The van der Waals surface area contributed by atoms with Crippen molar-refractivity contribution in [3.63, 3.8) is 0 Å². The molecule has 5 nitrogen and oxygen atoms in total. The Labute approximate surface area is 120 Å². The van der Waals surface area contributed by atoms with Crippen molar-refractivity contribution in [3.05, 3.63) is 23.3 Å². The minimum atomic E-state index is -4.87. The summed E-state index contributed by atoms with van der Waals surface area (Å²) < 4.78 is 44.2. The van der Waals surface area contributed by atoms with Gasteiger partial charge in [-0.2, -0.15) is 13.2 Å². The molecule has 0 aliphatic carbocycles. The van der Waals surface area contributed by atoms with Crippen molar-refractivity contribution in [2.24, 2.45) is 5.41 Å². The molecule has 0 aliphatic rings. The van der Waals surface area contributed by atoms with Crippen LogP contribution in [0, 0.1) is 5.41 Å². The van der Waals surface area contributed by atoms with Crippen molar-refractivity contribution in [2.45, 2.75) is 40.0 Å². The Morgan fingerprint density at radius 1 is 1.38 bits per heavy atom. The fraction of sp³-hybridized carbons (Fsp3) is 0.615. The zero-order chi connectivity index (χ0) is 16.4. The fourth-order valence-electron chi connectivity index (χ4n) is 1.77. The monoisotopic (exact) mass is 306 g/mol. The van der Waals surface area contributed by atoms with Gasteiger partial charge in [-0.25, -0.2) is 14.8 Å². The van der Waals surface area contributed by atoms with Crippen molar-refractivity contribution in [3.8, 4) is 0 Å². The average Bonchev–Trinajstić information content (AvgIpc) is 2.32. The predicted molar refractivity (Wildman–Crippen MR) is 67.8 cm³/mol. The number of carboxylic acid groups (broad SMARTS) is 1. The van der Waals surface area contributed by atoms with Gasteiger partial charge in [0.05, 0.1) is 0 Å². The van der Waals surface area contributed by atoms with E-state index in [1.807, 2.05) is 0 Å². The molecule has 0 saturated heterocycles. The third-order valence-electron chi connectivity index (χ3n) is 2.66. The summed E-state index contributed by atoms with van der Waals surface area (Å²) in [6.45, 7) is 7.29. The van der Waals surface area contributed by atoms with Crippen LogP contribution in [0.3, 0.4) is 0 Å². The van der Waals surface area contributed by atoms with E-state index >= 15 is 0 Å². The number of rotatable bonds is 4. The van der Waals surface area contributed by atoms with Crippen molar-refractivity contribution in [1.82, 2.24) is 9.97 Å². The highest BCUT2D eigenvalue weighted by Crippen LogP contribution is 2.36. The van der Waals surface area contributed by atoms with E-state index in [4.69, 9.17) is 9.84 Å². The van der Waals surface area contributed by atoms with E-state index in [0.717, 1.165) is 0 Å². The van der Waals surface area contributed by atoms with Gasteiger partial charge in [0.2, 0.25) is 0 Å². The van der Waals surface area contributed by atoms with E-state index in [-0.39, 0.29) is 12.4 Å². The summed E-state index contributed by atoms with van der Waals surface area (Å²) in [6.07, 6.45) is -4.97. The second-order valence-electron chi connectivity index (χ2n) is 5.49. The molecule has 1 aromatic heterocycles. The number of hydrogen-bond donors (Lipinski definition) is 1. The number of carbonyl (C=O) groups is 1. The van der Waals surface area contributed by atoms with Crippen LogP contribution >= 0.6 is 0 Å². The smallest absolute Gasteiger partial charge is 0.434 e. The molecule has 1 atom stereocenters. The van der Waals surface area contributed by atoms with Crippen LogP contribution in [0.15, 0.2) is 6.20 Å². The molecule has 0 aromatic carbocycles. The van der Waals surface area contributed by atoms with Gasteiger partial charge in [0.1, 0.15) is 11.7 Å². The molecule has 0 fully saturated rings. The average molecular weight is 306 g/mol. The van der Waals surface area contributed by atoms with E-state index in [2.05, 4.69) is 9.97 Å². The fourth-order valence-corrected chi connectivity index (χ4v) is 1.77. The first kappa shape index (κ1) is 17.4. The molecule has 0 spiro atoms. The van der Waals surface area contributed by atoms with Crippen molar-refractivity contribution in [1.29, 1.82) is 0 Å². The molecule has 8 heteroatoms. The molecule has 0 radical (unpaired) electrons. The largest absolute Gasteiger partial charge is 0.478 e. The molecule has 1 aromatic rings. The Morgan fingerprint density at radius 3 is 2.33 bits per heavy atom. The van der Waals surface area contributed by atoms with Gasteiger partial charge in [0, 0.05) is 12.8 Å². The Morgan fingerprint density at radius 2 is 1.95 bits per heavy atom. The maximum absolute atomic E-state index is 12.9. The van der Waals surface area contributed by atoms with E-state index in [9.17, 15) is 18.0 Å². The third kappa shape index (κ3) is 4.13. The summed E-state index contributed by atoms with van der Waals surface area (Å²) in [7, 11) is 0. The maximum atomic E-state index is 12.9. The predicted octanol–water partition coefficient (Wildman–Crippen LogP) is 3.32. The van der Waals surface area contributed by atoms with Gasteiger partial charge in [0.25, 0.3) is 0 Å². The summed E-state index contributed by atoms with van der Waals surface area (Å²) in [5.41, 5.74) is -2.98. The first-order valence-corrected chi connectivity index (χ1v) is 6.27. The zero-order valence-electron chi connectivity index (χ0n) is 12.2. The van der Waals surface area contributed by atoms with Crippen molar-refractivity contribution in [2.75, 3.05) is 6.61 Å². The summed E-state index contributed by atoms with van der Waals surface area (Å²) in [5, 5.41) is 8.81. The highest BCUT2D eigenvalue weighted by Gasteiger charge is 2.40. The number of aromatic nitrogens is 2. The first-order valence-electron chi connectivity index (χ1n) is 6.27. The van der Waals surface area contributed by atoms with Gasteiger partial charge in [0.15, 0.2) is 11.5 Å². The second-order valence-corrected chi connectivity index (χ2v) is 5.49. The quantitative estimate of drug-likeness (QED) is 0.924. The number of aromatic carboxylic acids is 1. The molecule has 0 amide bonds. The summed E-state index contributed by atoms with van der Waals surface area (Å²) in [6, 6.07) is 0. The van der Waals surface area contributed by atoms with Gasteiger partial charge >= 0.3 is 12.1 Å². The van der Waals surface area contributed by atoms with Gasteiger partial charge in [-0.05, 0) is 12.3 Å². The lowest BCUT2D eigenvalue weighted by Gasteiger charge is -2.29. The number of halogens is 3. The Balaban J connectivity index is 3.42. The van der Waals surface area contributed by atoms with Crippen LogP contribution in [0.25, 0.3) is 0 Å².